The van der Waals surface area contributed by atoms with Gasteiger partial charge in [-0.3, -0.25) is 4.68 Å². The van der Waals surface area contributed by atoms with Gasteiger partial charge in [-0.2, -0.15) is 5.10 Å². The summed E-state index contributed by atoms with van der Waals surface area (Å²) >= 11 is 0. The summed E-state index contributed by atoms with van der Waals surface area (Å²) in [5.41, 5.74) is 3.20. The summed E-state index contributed by atoms with van der Waals surface area (Å²) in [6.45, 7) is 2.73. The van der Waals surface area contributed by atoms with Crippen molar-refractivity contribution in [3.63, 3.8) is 0 Å². The lowest BCUT2D eigenvalue weighted by Gasteiger charge is -2.16. The lowest BCUT2D eigenvalue weighted by molar-refractivity contribution is -0.132. The van der Waals surface area contributed by atoms with Crippen LogP contribution in [0.1, 0.15) is 46.8 Å². The van der Waals surface area contributed by atoms with Gasteiger partial charge < -0.3 is 33.9 Å². The van der Waals surface area contributed by atoms with Crippen molar-refractivity contribution in [2.75, 3.05) is 21.0 Å². The third-order valence-electron chi connectivity index (χ3n) is 7.42. The van der Waals surface area contributed by atoms with Crippen molar-refractivity contribution in [1.82, 2.24) is 9.78 Å². The average Bonchev–Trinajstić information content (AvgIpc) is 3.68. The Labute approximate surface area is 260 Å². The Kier molecular flexibility index (Phi) is 9.57. The summed E-state index contributed by atoms with van der Waals surface area (Å²) in [6, 6.07) is 15.4. The topological polar surface area (TPSA) is 139 Å². The fourth-order valence-corrected chi connectivity index (χ4v) is 5.11. The van der Waals surface area contributed by atoms with Crippen LogP contribution in [0.25, 0.3) is 17.3 Å². The van der Waals surface area contributed by atoms with Crippen molar-refractivity contribution in [2.24, 2.45) is 0 Å². The van der Waals surface area contributed by atoms with Gasteiger partial charge in [0.05, 0.1) is 31.7 Å². The maximum absolute atomic E-state index is 12.6. The normalized spacial score (nSPS) is 12.2. The van der Waals surface area contributed by atoms with E-state index in [1.165, 1.54) is 13.2 Å². The number of rotatable bonds is 14. The molecule has 1 aliphatic heterocycles. The van der Waals surface area contributed by atoms with E-state index < -0.39 is 11.9 Å². The number of hydrogen-bond donors (Lipinski definition) is 2. The van der Waals surface area contributed by atoms with Crippen molar-refractivity contribution < 1.29 is 43.5 Å². The third-order valence-corrected chi connectivity index (χ3v) is 7.42. The van der Waals surface area contributed by atoms with Crippen LogP contribution >= 0.6 is 0 Å². The summed E-state index contributed by atoms with van der Waals surface area (Å²) in [7, 11) is 3.07. The zero-order chi connectivity index (χ0) is 31.9. The number of carbonyl (C=O) groups is 2. The lowest BCUT2D eigenvalue weighted by atomic mass is 9.99. The summed E-state index contributed by atoms with van der Waals surface area (Å²) in [5, 5.41) is 24.6. The monoisotopic (exact) mass is 614 g/mol. The number of unbranched alkanes of at least 4 members (excludes halogenated alkanes) is 1. The first-order valence-electron chi connectivity index (χ1n) is 14.4. The molecular weight excluding hydrogens is 580 g/mol. The van der Waals surface area contributed by atoms with Crippen LogP contribution in [-0.2, 0) is 24.4 Å². The molecule has 0 bridgehead atoms. The minimum Gasteiger partial charge on any atom is -0.497 e. The van der Waals surface area contributed by atoms with Gasteiger partial charge in [-0.15, -0.1) is 0 Å². The van der Waals surface area contributed by atoms with Gasteiger partial charge in [0.25, 0.3) is 0 Å². The Hall–Kier alpha value is -5.45. The van der Waals surface area contributed by atoms with E-state index in [2.05, 4.69) is 12.0 Å². The number of aromatic nitrogens is 2. The Bertz CT molecular complexity index is 1740. The average molecular weight is 615 g/mol. The van der Waals surface area contributed by atoms with E-state index in [0.29, 0.717) is 63.2 Å². The minimum absolute atomic E-state index is 0.000354. The number of nitrogens with zero attached hydrogens (tertiary/aromatic N) is 2. The highest BCUT2D eigenvalue weighted by molar-refractivity contribution is 5.94. The summed E-state index contributed by atoms with van der Waals surface area (Å²) in [4.78, 5) is 24.4. The van der Waals surface area contributed by atoms with E-state index in [9.17, 15) is 19.8 Å². The zero-order valence-electron chi connectivity index (χ0n) is 25.2. The van der Waals surface area contributed by atoms with E-state index in [1.54, 1.807) is 67.9 Å². The van der Waals surface area contributed by atoms with Gasteiger partial charge in [-0.25, -0.2) is 9.59 Å². The number of carboxylic acids is 2. The van der Waals surface area contributed by atoms with E-state index in [4.69, 9.17) is 23.7 Å². The quantitative estimate of drug-likeness (QED) is 0.161. The van der Waals surface area contributed by atoms with Gasteiger partial charge in [0.15, 0.2) is 11.5 Å². The number of hydrogen-bond acceptors (Lipinski definition) is 8. The third kappa shape index (κ3) is 6.87. The molecule has 0 amide bonds. The zero-order valence-corrected chi connectivity index (χ0v) is 25.2. The first kappa shape index (κ1) is 31.0. The first-order valence-corrected chi connectivity index (χ1v) is 14.4. The number of benzene rings is 3. The van der Waals surface area contributed by atoms with Gasteiger partial charge >= 0.3 is 11.9 Å². The molecule has 4 aromatic rings. The van der Waals surface area contributed by atoms with Gasteiger partial charge in [0, 0.05) is 46.9 Å². The van der Waals surface area contributed by atoms with Crippen LogP contribution in [-0.4, -0.2) is 52.9 Å². The van der Waals surface area contributed by atoms with Crippen LogP contribution in [0.2, 0.25) is 0 Å². The summed E-state index contributed by atoms with van der Waals surface area (Å²) < 4.78 is 30.1. The van der Waals surface area contributed by atoms with Gasteiger partial charge in [-0.05, 0) is 42.8 Å². The van der Waals surface area contributed by atoms with Gasteiger partial charge in [-0.1, -0.05) is 31.5 Å². The maximum atomic E-state index is 12.6. The van der Waals surface area contributed by atoms with E-state index in [0.717, 1.165) is 12.8 Å². The second kappa shape index (κ2) is 13.9. The number of ether oxygens (including phenoxy) is 5. The van der Waals surface area contributed by atoms with Crippen molar-refractivity contribution in [3.8, 4) is 40.0 Å². The molecule has 45 heavy (non-hydrogen) atoms. The maximum Gasteiger partial charge on any atom is 0.336 e. The molecule has 11 heteroatoms. The van der Waals surface area contributed by atoms with Crippen molar-refractivity contribution in [2.45, 2.75) is 39.3 Å². The molecule has 0 fully saturated rings. The number of carboxylic acid groups (broad SMARTS) is 2. The molecule has 0 radical (unpaired) electrons. The Morgan fingerprint density at radius 1 is 0.978 bits per heavy atom. The van der Waals surface area contributed by atoms with Crippen LogP contribution in [0.5, 0.6) is 28.7 Å². The molecule has 0 aliphatic carbocycles. The van der Waals surface area contributed by atoms with E-state index >= 15 is 0 Å². The van der Waals surface area contributed by atoms with Crippen LogP contribution in [0.4, 0.5) is 0 Å². The molecule has 5 rings (SSSR count). The van der Waals surface area contributed by atoms with Crippen molar-refractivity contribution in [3.05, 3.63) is 88.6 Å². The minimum atomic E-state index is -1.10. The second-order valence-corrected chi connectivity index (χ2v) is 10.3. The first-order chi connectivity index (χ1) is 21.8. The largest absolute Gasteiger partial charge is 0.497 e. The van der Waals surface area contributed by atoms with Crippen LogP contribution < -0.4 is 23.7 Å². The number of aliphatic carboxylic acids is 1. The molecule has 1 aromatic heterocycles. The Morgan fingerprint density at radius 3 is 2.47 bits per heavy atom. The van der Waals surface area contributed by atoms with Gasteiger partial charge in [0.1, 0.15) is 23.9 Å². The Balaban J connectivity index is 1.58. The second-order valence-electron chi connectivity index (χ2n) is 10.3. The molecule has 11 nitrogen and oxygen atoms in total. The molecule has 0 saturated heterocycles. The molecule has 0 saturated carbocycles. The number of methoxy groups -OCH3 is 2. The van der Waals surface area contributed by atoms with Crippen LogP contribution in [0, 0.1) is 0 Å². The number of fused-ring (bicyclic) bond motifs is 1. The fourth-order valence-electron chi connectivity index (χ4n) is 5.11. The van der Waals surface area contributed by atoms with Crippen LogP contribution in [0.3, 0.4) is 0 Å². The highest BCUT2D eigenvalue weighted by Gasteiger charge is 2.23. The predicted octanol–water partition coefficient (Wildman–Crippen LogP) is 6.08. The lowest BCUT2D eigenvalue weighted by Crippen LogP contribution is -2.08. The molecule has 3 aromatic carbocycles. The molecular formula is C34H34N2O9. The molecule has 0 spiro atoms. The predicted molar refractivity (Wildman–Crippen MR) is 165 cm³/mol. The summed E-state index contributed by atoms with van der Waals surface area (Å²) in [5.74, 6) is 0.404. The SMILES string of the molecule is CCCCn1ncc(/C=C(/Cc2cc3c(cc2OC)OCO3)C(=O)O)c1-c1cc(OC)ccc1OCc1ccccc1C(=O)O. The molecule has 2 N–H and O–H groups in total. The summed E-state index contributed by atoms with van der Waals surface area (Å²) in [6.07, 6.45) is 5.03. The van der Waals surface area contributed by atoms with Crippen molar-refractivity contribution in [1.29, 1.82) is 0 Å². The molecule has 2 heterocycles. The number of aryl methyl sites for hydroxylation is 1. The van der Waals surface area contributed by atoms with E-state index in [-0.39, 0.29) is 31.0 Å². The van der Waals surface area contributed by atoms with Crippen LogP contribution in [0.15, 0.2) is 66.4 Å². The molecule has 1 aliphatic rings. The Morgan fingerprint density at radius 2 is 1.76 bits per heavy atom. The molecule has 0 unspecified atom stereocenters. The van der Waals surface area contributed by atoms with E-state index in [1.807, 2.05) is 4.68 Å². The molecule has 234 valence electrons. The fraction of sp³-hybridized carbons (Fsp3) is 0.265. The van der Waals surface area contributed by atoms with Gasteiger partial charge in [0.2, 0.25) is 6.79 Å². The molecule has 0 atom stereocenters. The smallest absolute Gasteiger partial charge is 0.336 e. The number of aromatic carboxylic acids is 1. The highest BCUT2D eigenvalue weighted by atomic mass is 16.7. The standard InChI is InChI=1S/C34H34N2O9/c1-4-5-12-36-32(27-16-25(41-2)10-11-28(27)43-19-21-8-6-7-9-26(21)34(39)40)24(18-35-36)14-23(33(37)38)13-22-15-30-31(45-20-44-30)17-29(22)42-3/h6-11,14-18H,4-5,12-13,19-20H2,1-3H3,(H,37,38)(H,39,40)/b23-14-. The van der Waals surface area contributed by atoms with Crippen molar-refractivity contribution >= 4 is 18.0 Å². The highest BCUT2D eigenvalue weighted by Crippen LogP contribution is 2.40.